The van der Waals surface area contributed by atoms with Crippen LogP contribution < -0.4 is 16.6 Å². The van der Waals surface area contributed by atoms with Crippen LogP contribution in [-0.2, 0) is 11.8 Å². The quantitative estimate of drug-likeness (QED) is 0.492. The van der Waals surface area contributed by atoms with Gasteiger partial charge >= 0.3 is 5.69 Å². The molecule has 0 aliphatic heterocycles. The second kappa shape index (κ2) is 3.44. The number of carbonyl (C=O) groups excluding carboxylic acids is 1. The van der Waals surface area contributed by atoms with Crippen LogP contribution in [-0.4, -0.2) is 16.0 Å². The highest BCUT2D eigenvalue weighted by Gasteiger charge is 2.08. The molecular formula is C6H6ClN3O3. The lowest BCUT2D eigenvalue weighted by Crippen LogP contribution is -2.34. The van der Waals surface area contributed by atoms with Gasteiger partial charge in [-0.15, -0.1) is 0 Å². The smallest absolute Gasteiger partial charge is 0.322 e. The molecule has 13 heavy (non-hydrogen) atoms. The minimum absolute atomic E-state index is 0.140. The third kappa shape index (κ3) is 1.62. The van der Waals surface area contributed by atoms with Crippen LogP contribution in [0.15, 0.2) is 9.59 Å². The Morgan fingerprint density at radius 1 is 1.54 bits per heavy atom. The Balaban J connectivity index is 3.53. The molecular weight excluding hydrogens is 198 g/mol. The van der Waals surface area contributed by atoms with Gasteiger partial charge < -0.3 is 5.32 Å². The average Bonchev–Trinajstić information content (AvgIpc) is 2.09. The summed E-state index contributed by atoms with van der Waals surface area (Å²) < 4.78 is 0.803. The summed E-state index contributed by atoms with van der Waals surface area (Å²) >= 11 is 5.50. The van der Waals surface area contributed by atoms with Gasteiger partial charge in [-0.3, -0.25) is 19.1 Å². The fourth-order valence-electron chi connectivity index (χ4n) is 0.778. The number of carbonyl (C=O) groups is 1. The van der Waals surface area contributed by atoms with Crippen molar-refractivity contribution < 1.29 is 4.79 Å². The van der Waals surface area contributed by atoms with Crippen molar-refractivity contribution >= 4 is 23.7 Å². The fourth-order valence-corrected chi connectivity index (χ4v) is 0.994. The molecule has 1 aromatic heterocycles. The Labute approximate surface area is 77.1 Å². The first kappa shape index (κ1) is 9.53. The molecule has 0 radical (unpaired) electrons. The number of halogens is 1. The highest BCUT2D eigenvalue weighted by atomic mass is 35.5. The minimum atomic E-state index is -0.652. The van der Waals surface area contributed by atoms with E-state index in [1.807, 2.05) is 0 Å². The second-order valence-corrected chi connectivity index (χ2v) is 2.62. The van der Waals surface area contributed by atoms with Gasteiger partial charge in [0, 0.05) is 7.05 Å². The van der Waals surface area contributed by atoms with Gasteiger partial charge in [-0.05, 0) is 0 Å². The summed E-state index contributed by atoms with van der Waals surface area (Å²) in [6, 6.07) is 0. The van der Waals surface area contributed by atoms with Crippen LogP contribution in [0, 0.1) is 0 Å². The van der Waals surface area contributed by atoms with E-state index in [0.29, 0.717) is 6.41 Å². The van der Waals surface area contributed by atoms with E-state index in [-0.39, 0.29) is 10.8 Å². The van der Waals surface area contributed by atoms with Gasteiger partial charge in [0.15, 0.2) is 0 Å². The van der Waals surface area contributed by atoms with Crippen LogP contribution in [0.25, 0.3) is 0 Å². The molecule has 0 aromatic carbocycles. The first-order valence-electron chi connectivity index (χ1n) is 3.27. The summed E-state index contributed by atoms with van der Waals surface area (Å²) in [6.07, 6.45) is 0.306. The summed E-state index contributed by atoms with van der Waals surface area (Å²) in [5, 5.41) is 1.92. The van der Waals surface area contributed by atoms with Crippen molar-refractivity contribution in [2.24, 2.45) is 7.05 Å². The van der Waals surface area contributed by atoms with Gasteiger partial charge in [0.05, 0.1) is 0 Å². The number of H-pyrrole nitrogens is 1. The van der Waals surface area contributed by atoms with E-state index in [0.717, 1.165) is 4.57 Å². The van der Waals surface area contributed by atoms with E-state index >= 15 is 0 Å². The Morgan fingerprint density at radius 3 is 2.69 bits per heavy atom. The number of aromatic amines is 1. The van der Waals surface area contributed by atoms with Gasteiger partial charge in [0.25, 0.3) is 5.56 Å². The van der Waals surface area contributed by atoms with E-state index in [9.17, 15) is 14.4 Å². The molecule has 1 aromatic rings. The normalized spacial score (nSPS) is 9.69. The topological polar surface area (TPSA) is 84.0 Å². The molecule has 70 valence electrons. The molecule has 0 atom stereocenters. The van der Waals surface area contributed by atoms with E-state index in [1.165, 1.54) is 7.05 Å². The molecule has 0 aliphatic rings. The van der Waals surface area contributed by atoms with Gasteiger partial charge in [-0.2, -0.15) is 0 Å². The molecule has 1 rings (SSSR count). The van der Waals surface area contributed by atoms with Crippen molar-refractivity contribution in [1.82, 2.24) is 9.55 Å². The summed E-state index contributed by atoms with van der Waals surface area (Å²) in [7, 11) is 1.27. The SMILES string of the molecule is Cn1c(=O)[nH]c(Cl)c(NC=O)c1=O. The van der Waals surface area contributed by atoms with Crippen LogP contribution >= 0.6 is 11.6 Å². The molecule has 1 heterocycles. The van der Waals surface area contributed by atoms with Crippen LogP contribution in [0.1, 0.15) is 0 Å². The zero-order valence-corrected chi connectivity index (χ0v) is 7.38. The summed E-state index contributed by atoms with van der Waals surface area (Å²) in [6.45, 7) is 0. The monoisotopic (exact) mass is 203 g/mol. The molecule has 6 nitrogen and oxygen atoms in total. The molecule has 0 bridgehead atoms. The maximum Gasteiger partial charge on any atom is 0.329 e. The number of hydrogen-bond donors (Lipinski definition) is 2. The fraction of sp³-hybridized carbons (Fsp3) is 0.167. The zero-order chi connectivity index (χ0) is 10.0. The highest BCUT2D eigenvalue weighted by molar-refractivity contribution is 6.32. The summed E-state index contributed by atoms with van der Waals surface area (Å²) in [4.78, 5) is 34.4. The minimum Gasteiger partial charge on any atom is -0.322 e. The molecule has 0 unspecified atom stereocenters. The van der Waals surface area contributed by atoms with Gasteiger partial charge in [-0.25, -0.2) is 4.79 Å². The van der Waals surface area contributed by atoms with Crippen molar-refractivity contribution in [1.29, 1.82) is 0 Å². The Hall–Kier alpha value is -1.56. The van der Waals surface area contributed by atoms with Crippen LogP contribution in [0.2, 0.25) is 5.15 Å². The lowest BCUT2D eigenvalue weighted by Gasteiger charge is -2.02. The Bertz CT molecular complexity index is 447. The predicted molar refractivity (Wildman–Crippen MR) is 47.0 cm³/mol. The van der Waals surface area contributed by atoms with Gasteiger partial charge in [0.2, 0.25) is 6.41 Å². The number of nitrogens with one attached hydrogen (secondary N) is 2. The largest absolute Gasteiger partial charge is 0.329 e. The number of rotatable bonds is 2. The van der Waals surface area contributed by atoms with Crippen molar-refractivity contribution in [2.45, 2.75) is 0 Å². The van der Waals surface area contributed by atoms with Crippen LogP contribution in [0.5, 0.6) is 0 Å². The number of nitrogens with zero attached hydrogens (tertiary/aromatic N) is 1. The lowest BCUT2D eigenvalue weighted by molar-refractivity contribution is -0.105. The van der Waals surface area contributed by atoms with Crippen molar-refractivity contribution in [2.75, 3.05) is 5.32 Å². The number of aromatic nitrogens is 2. The Kier molecular flexibility index (Phi) is 2.52. The van der Waals surface area contributed by atoms with Gasteiger partial charge in [0.1, 0.15) is 10.8 Å². The number of anilines is 1. The molecule has 0 saturated carbocycles. The Morgan fingerprint density at radius 2 is 2.15 bits per heavy atom. The maximum atomic E-state index is 11.2. The third-order valence-corrected chi connectivity index (χ3v) is 1.75. The first-order chi connectivity index (χ1) is 6.07. The number of amides is 1. The zero-order valence-electron chi connectivity index (χ0n) is 6.63. The average molecular weight is 204 g/mol. The summed E-state index contributed by atoms with van der Waals surface area (Å²) in [5.41, 5.74) is -1.42. The molecule has 0 spiro atoms. The third-order valence-electron chi connectivity index (χ3n) is 1.46. The van der Waals surface area contributed by atoms with E-state index < -0.39 is 11.2 Å². The standard InChI is InChI=1S/C6H6ClN3O3/c1-10-5(12)3(8-2-11)4(7)9-6(10)13/h2H,1H3,(H,8,11)(H,9,13). The molecule has 0 aliphatic carbocycles. The second-order valence-electron chi connectivity index (χ2n) is 2.25. The first-order valence-corrected chi connectivity index (χ1v) is 3.64. The number of hydrogen-bond acceptors (Lipinski definition) is 3. The highest BCUT2D eigenvalue weighted by Crippen LogP contribution is 2.09. The molecule has 0 fully saturated rings. The summed E-state index contributed by atoms with van der Waals surface area (Å²) in [5.74, 6) is 0. The van der Waals surface area contributed by atoms with Gasteiger partial charge in [-0.1, -0.05) is 11.6 Å². The van der Waals surface area contributed by atoms with Crippen molar-refractivity contribution in [3.05, 3.63) is 26.0 Å². The molecule has 7 heteroatoms. The molecule has 1 amide bonds. The van der Waals surface area contributed by atoms with E-state index in [2.05, 4.69) is 10.3 Å². The van der Waals surface area contributed by atoms with Crippen LogP contribution in [0.3, 0.4) is 0 Å². The van der Waals surface area contributed by atoms with Crippen molar-refractivity contribution in [3.8, 4) is 0 Å². The van der Waals surface area contributed by atoms with Crippen LogP contribution in [0.4, 0.5) is 5.69 Å². The van der Waals surface area contributed by atoms with E-state index in [4.69, 9.17) is 11.6 Å². The maximum absolute atomic E-state index is 11.2. The lowest BCUT2D eigenvalue weighted by atomic mass is 10.5. The molecule has 0 saturated heterocycles. The predicted octanol–water partition coefficient (Wildman–Crippen LogP) is -0.705. The van der Waals surface area contributed by atoms with Crippen molar-refractivity contribution in [3.63, 3.8) is 0 Å². The van der Waals surface area contributed by atoms with E-state index in [1.54, 1.807) is 0 Å². The molecule has 2 N–H and O–H groups in total.